The average molecular weight is 213 g/mol. The predicted molar refractivity (Wildman–Crippen MR) is 57.4 cm³/mol. The summed E-state index contributed by atoms with van der Waals surface area (Å²) in [6.07, 6.45) is 2.75. The van der Waals surface area contributed by atoms with Crippen molar-refractivity contribution in [3.8, 4) is 0 Å². The van der Waals surface area contributed by atoms with Gasteiger partial charge < -0.3 is 5.11 Å². The third-order valence-electron chi connectivity index (χ3n) is 1.93. The maximum absolute atomic E-state index is 9.65. The van der Waals surface area contributed by atoms with Gasteiger partial charge in [-0.1, -0.05) is 11.6 Å². The first-order valence-electron chi connectivity index (χ1n) is 4.09. The van der Waals surface area contributed by atoms with Crippen molar-refractivity contribution in [1.29, 1.82) is 0 Å². The number of aliphatic hydroxyl groups excluding tert-OH is 1. The van der Waals surface area contributed by atoms with E-state index >= 15 is 0 Å². The van der Waals surface area contributed by atoms with E-state index in [-0.39, 0.29) is 0 Å². The summed E-state index contributed by atoms with van der Waals surface area (Å²) >= 11 is 7.60. The van der Waals surface area contributed by atoms with Crippen molar-refractivity contribution in [3.63, 3.8) is 0 Å². The van der Waals surface area contributed by atoms with Crippen LogP contribution in [0.5, 0.6) is 0 Å². The molecule has 0 saturated heterocycles. The van der Waals surface area contributed by atoms with Crippen LogP contribution < -0.4 is 0 Å². The van der Waals surface area contributed by atoms with E-state index in [0.717, 1.165) is 22.6 Å². The van der Waals surface area contributed by atoms with Crippen molar-refractivity contribution in [3.05, 3.63) is 34.9 Å². The van der Waals surface area contributed by atoms with Crippen LogP contribution >= 0.6 is 23.4 Å². The van der Waals surface area contributed by atoms with Crippen LogP contribution in [0.3, 0.4) is 0 Å². The molecule has 0 saturated carbocycles. The maximum atomic E-state index is 9.65. The molecule has 0 fully saturated rings. The highest BCUT2D eigenvalue weighted by Gasteiger charge is 2.10. The molecule has 0 atom stereocenters. The zero-order valence-corrected chi connectivity index (χ0v) is 8.53. The molecule has 0 radical (unpaired) electrons. The van der Waals surface area contributed by atoms with Crippen molar-refractivity contribution in [2.75, 3.05) is 5.75 Å². The summed E-state index contributed by atoms with van der Waals surface area (Å²) in [4.78, 5) is 1.11. The number of fused-ring (bicyclic) bond motifs is 1. The fourth-order valence-corrected chi connectivity index (χ4v) is 2.41. The van der Waals surface area contributed by atoms with Crippen LogP contribution in [0.1, 0.15) is 12.0 Å². The van der Waals surface area contributed by atoms with E-state index in [2.05, 4.69) is 0 Å². The molecule has 0 aromatic heterocycles. The second kappa shape index (κ2) is 3.64. The number of hydrogen-bond acceptors (Lipinski definition) is 2. The van der Waals surface area contributed by atoms with Crippen molar-refractivity contribution in [2.24, 2.45) is 0 Å². The van der Waals surface area contributed by atoms with Crippen molar-refractivity contribution < 1.29 is 5.11 Å². The smallest absolute Gasteiger partial charge is 0.120 e. The molecule has 1 N–H and O–H groups in total. The fraction of sp³-hybridized carbons (Fsp3) is 0.200. The molecule has 0 bridgehead atoms. The minimum Gasteiger partial charge on any atom is -0.508 e. The van der Waals surface area contributed by atoms with E-state index in [1.807, 2.05) is 18.2 Å². The Labute approximate surface area is 86.4 Å². The van der Waals surface area contributed by atoms with Gasteiger partial charge in [-0.3, -0.25) is 0 Å². The quantitative estimate of drug-likeness (QED) is 0.707. The van der Waals surface area contributed by atoms with Gasteiger partial charge in [-0.2, -0.15) is 0 Å². The SMILES string of the molecule is OC1=CCCSc2ccc(Cl)cc21. The van der Waals surface area contributed by atoms with Crippen LogP contribution in [0.25, 0.3) is 5.76 Å². The number of thioether (sulfide) groups is 1. The van der Waals surface area contributed by atoms with Crippen LogP contribution in [0, 0.1) is 0 Å². The van der Waals surface area contributed by atoms with Gasteiger partial charge in [0.25, 0.3) is 0 Å². The molecule has 3 heteroatoms. The zero-order chi connectivity index (χ0) is 9.26. The number of benzene rings is 1. The second-order valence-corrected chi connectivity index (χ2v) is 4.44. The highest BCUT2D eigenvalue weighted by molar-refractivity contribution is 7.99. The van der Waals surface area contributed by atoms with Crippen LogP contribution in [0.15, 0.2) is 29.2 Å². The van der Waals surface area contributed by atoms with Gasteiger partial charge in [-0.25, -0.2) is 0 Å². The van der Waals surface area contributed by atoms with Gasteiger partial charge in [0.2, 0.25) is 0 Å². The molecule has 68 valence electrons. The number of allylic oxidation sites excluding steroid dienone is 1. The van der Waals surface area contributed by atoms with E-state index in [4.69, 9.17) is 11.6 Å². The Kier molecular flexibility index (Phi) is 2.51. The van der Waals surface area contributed by atoms with Gasteiger partial charge in [0.05, 0.1) is 0 Å². The fourth-order valence-electron chi connectivity index (χ4n) is 1.30. The predicted octanol–water partition coefficient (Wildman–Crippen LogP) is 3.73. The summed E-state index contributed by atoms with van der Waals surface area (Å²) in [5, 5.41) is 10.3. The summed E-state index contributed by atoms with van der Waals surface area (Å²) in [6.45, 7) is 0. The summed E-state index contributed by atoms with van der Waals surface area (Å²) in [6, 6.07) is 5.62. The minimum absolute atomic E-state index is 0.350. The molecular formula is C10H9ClOS. The monoisotopic (exact) mass is 212 g/mol. The third-order valence-corrected chi connectivity index (χ3v) is 3.27. The van der Waals surface area contributed by atoms with E-state index < -0.39 is 0 Å². The maximum Gasteiger partial charge on any atom is 0.120 e. The highest BCUT2D eigenvalue weighted by Crippen LogP contribution is 2.32. The Morgan fingerprint density at radius 2 is 2.23 bits per heavy atom. The molecule has 13 heavy (non-hydrogen) atoms. The first-order chi connectivity index (χ1) is 6.27. The lowest BCUT2D eigenvalue weighted by Crippen LogP contribution is -1.84. The summed E-state index contributed by atoms with van der Waals surface area (Å²) in [5.74, 6) is 1.36. The van der Waals surface area contributed by atoms with Crippen LogP contribution in [0.4, 0.5) is 0 Å². The Balaban J connectivity index is 2.54. The molecule has 1 heterocycles. The first-order valence-corrected chi connectivity index (χ1v) is 5.45. The number of halogens is 1. The summed E-state index contributed by atoms with van der Waals surface area (Å²) in [7, 11) is 0. The van der Waals surface area contributed by atoms with Crippen LogP contribution in [-0.4, -0.2) is 10.9 Å². The molecule has 1 aromatic carbocycles. The lowest BCUT2D eigenvalue weighted by atomic mass is 10.1. The Bertz CT molecular complexity index is 360. The van der Waals surface area contributed by atoms with Crippen molar-refractivity contribution >= 4 is 29.1 Å². The van der Waals surface area contributed by atoms with Crippen molar-refractivity contribution in [2.45, 2.75) is 11.3 Å². The second-order valence-electron chi connectivity index (χ2n) is 2.87. The molecular weight excluding hydrogens is 204 g/mol. The molecule has 1 aliphatic rings. The summed E-state index contributed by atoms with van der Waals surface area (Å²) in [5.41, 5.74) is 0.856. The standard InChI is InChI=1S/C10H9ClOS/c11-7-3-4-10-8(6-7)9(12)2-1-5-13-10/h2-4,6,12H,1,5H2. The number of rotatable bonds is 0. The normalized spacial score (nSPS) is 15.9. The largest absolute Gasteiger partial charge is 0.508 e. The molecule has 0 unspecified atom stereocenters. The Morgan fingerprint density at radius 3 is 3.08 bits per heavy atom. The van der Waals surface area contributed by atoms with E-state index in [1.165, 1.54) is 0 Å². The van der Waals surface area contributed by atoms with Crippen LogP contribution in [-0.2, 0) is 0 Å². The third kappa shape index (κ3) is 1.84. The van der Waals surface area contributed by atoms with Gasteiger partial charge in [0.15, 0.2) is 0 Å². The Hall–Kier alpha value is -0.600. The first kappa shape index (κ1) is 8.97. The molecule has 0 aliphatic carbocycles. The van der Waals surface area contributed by atoms with E-state index in [0.29, 0.717) is 10.8 Å². The molecule has 1 nitrogen and oxygen atoms in total. The minimum atomic E-state index is 0.350. The van der Waals surface area contributed by atoms with Gasteiger partial charge in [0, 0.05) is 21.2 Å². The molecule has 1 aromatic rings. The van der Waals surface area contributed by atoms with Gasteiger partial charge in [0.1, 0.15) is 5.76 Å². The lowest BCUT2D eigenvalue weighted by molar-refractivity contribution is 0.508. The van der Waals surface area contributed by atoms with Gasteiger partial charge in [-0.05, 0) is 30.7 Å². The zero-order valence-electron chi connectivity index (χ0n) is 6.96. The topological polar surface area (TPSA) is 20.2 Å². The average Bonchev–Trinajstić information content (AvgIpc) is 2.29. The van der Waals surface area contributed by atoms with E-state index in [9.17, 15) is 5.11 Å². The lowest BCUT2D eigenvalue weighted by Gasteiger charge is -2.05. The van der Waals surface area contributed by atoms with Crippen molar-refractivity contribution in [1.82, 2.24) is 0 Å². The molecule has 0 amide bonds. The number of hydrogen-bond donors (Lipinski definition) is 1. The number of aliphatic hydroxyl groups is 1. The highest BCUT2D eigenvalue weighted by atomic mass is 35.5. The van der Waals surface area contributed by atoms with Gasteiger partial charge in [-0.15, -0.1) is 11.8 Å². The molecule has 2 rings (SSSR count). The van der Waals surface area contributed by atoms with E-state index in [1.54, 1.807) is 17.8 Å². The van der Waals surface area contributed by atoms with Crippen LogP contribution in [0.2, 0.25) is 5.02 Å². The Morgan fingerprint density at radius 1 is 1.38 bits per heavy atom. The molecule has 0 spiro atoms. The van der Waals surface area contributed by atoms with Gasteiger partial charge >= 0.3 is 0 Å². The summed E-state index contributed by atoms with van der Waals surface area (Å²) < 4.78 is 0. The molecule has 1 aliphatic heterocycles.